The molecule has 34 heteroatoms. The highest BCUT2D eigenvalue weighted by Crippen LogP contribution is 2.39. The Balaban J connectivity index is 1.20. The van der Waals surface area contributed by atoms with Gasteiger partial charge in [-0.3, -0.25) is 4.57 Å². The van der Waals surface area contributed by atoms with E-state index in [0.717, 1.165) is 0 Å². The molecule has 30 atom stereocenters. The van der Waals surface area contributed by atoms with Crippen LogP contribution in [0.2, 0.25) is 0 Å². The first-order valence-corrected chi connectivity index (χ1v) is 26.1. The molecule has 22 heterocycles. The second-order valence-electron chi connectivity index (χ2n) is 19.2. The summed E-state index contributed by atoms with van der Waals surface area (Å²) in [4.78, 5) is 18.3. The number of hydrogen-bond donors (Lipinski definition) is 19. The predicted octanol–water partition coefficient (Wildman–Crippen LogP) is -11.2. The molecule has 442 valence electrons. The Labute approximate surface area is 431 Å². The maximum Gasteiger partial charge on any atom is 0.348 e. The molecule has 22 saturated heterocycles. The lowest BCUT2D eigenvalue weighted by atomic mass is 9.94. The van der Waals surface area contributed by atoms with Crippen molar-refractivity contribution in [2.45, 2.75) is 203 Å². The van der Waals surface area contributed by atoms with Crippen molar-refractivity contribution in [1.29, 1.82) is 0 Å². The number of rotatable bonds is 13. The highest BCUT2D eigenvalue weighted by Gasteiger charge is 2.59. The highest BCUT2D eigenvalue weighted by atomic mass is 31.2. The van der Waals surface area contributed by atoms with E-state index in [1.807, 2.05) is 0 Å². The largest absolute Gasteiger partial charge is 0.394 e. The number of hydrogen-bond acceptors (Lipinski definition) is 31. The van der Waals surface area contributed by atoms with Crippen molar-refractivity contribution in [2.24, 2.45) is 0 Å². The third kappa shape index (κ3) is 13.6. The fraction of sp³-hybridized carbons (Fsp3) is 0.952. The SMILES string of the molecule is O=P(O)(O)/C=C/CCCCO[C@@H]1[C@@H](O)[C@H]2O[C@H]3[C@H](O)[C@@H](O)[C@@H](O[C@H]4[C@H](O)[C@@H](O)[C@@H](O[C@H]5[C@H](O)[C@@H](O)[C@@H](O[C@H]6[C@H](O)[C@@H](O)[C@@H](O[C@H]7[C@H](O)[C@@H](O)[C@@H](O[C@H]1[C@@H](CO)O2)O[C@@H]7CO)O[C@@H]6CO)O[C@@H]5CO)O[C@@H]4CO)O[C@@H]3CO. The van der Waals surface area contributed by atoms with Gasteiger partial charge in [-0.25, -0.2) is 0 Å². The van der Waals surface area contributed by atoms with Gasteiger partial charge in [-0.15, -0.1) is 0 Å². The monoisotopic (exact) mass is 1130 g/mol. The van der Waals surface area contributed by atoms with E-state index in [-0.39, 0.29) is 25.9 Å². The average molecular weight is 1130 g/mol. The van der Waals surface area contributed by atoms with Gasteiger partial charge in [0.05, 0.1) is 39.6 Å². The normalized spacial score (nSPS) is 50.0. The Morgan fingerprint density at radius 3 is 0.855 bits per heavy atom. The van der Waals surface area contributed by atoms with E-state index in [0.29, 0.717) is 5.82 Å². The maximum absolute atomic E-state index is 11.9. The summed E-state index contributed by atoms with van der Waals surface area (Å²) in [5.74, 6) is 0.704. The van der Waals surface area contributed by atoms with Crippen LogP contribution < -0.4 is 0 Å². The van der Waals surface area contributed by atoms with E-state index >= 15 is 0 Å². The minimum atomic E-state index is -4.45. The van der Waals surface area contributed by atoms with Crippen molar-refractivity contribution < 1.29 is 163 Å². The van der Waals surface area contributed by atoms with E-state index in [9.17, 15) is 91.4 Å². The number of aliphatic hydroxyl groups is 17. The van der Waals surface area contributed by atoms with Gasteiger partial charge in [0.2, 0.25) is 0 Å². The van der Waals surface area contributed by atoms with Gasteiger partial charge in [-0.05, 0) is 19.3 Å². The molecule has 22 fully saturated rings. The molecule has 22 aliphatic rings. The summed E-state index contributed by atoms with van der Waals surface area (Å²) in [6, 6.07) is 0. The fourth-order valence-electron chi connectivity index (χ4n) is 9.90. The molecule has 0 saturated carbocycles. The molecule has 0 aromatic heterocycles. The van der Waals surface area contributed by atoms with Gasteiger partial charge in [0.1, 0.15) is 146 Å². The summed E-state index contributed by atoms with van der Waals surface area (Å²) in [6.45, 7) is -6.33. The van der Waals surface area contributed by atoms with Crippen LogP contribution in [0.5, 0.6) is 0 Å². The van der Waals surface area contributed by atoms with Crippen molar-refractivity contribution in [3.05, 3.63) is 11.9 Å². The van der Waals surface area contributed by atoms with Crippen molar-refractivity contribution in [2.75, 3.05) is 46.2 Å². The minimum absolute atomic E-state index is 0.153. The van der Waals surface area contributed by atoms with Gasteiger partial charge >= 0.3 is 7.60 Å². The lowest BCUT2D eigenvalue weighted by Crippen LogP contribution is -2.69. The van der Waals surface area contributed by atoms with Crippen LogP contribution in [0.15, 0.2) is 11.9 Å². The molecular formula is C42H71O33P. The first kappa shape index (κ1) is 62.3. The Bertz CT molecular complexity index is 1840. The third-order valence-corrected chi connectivity index (χ3v) is 14.6. The third-order valence-electron chi connectivity index (χ3n) is 14.0. The molecule has 12 bridgehead atoms. The first-order chi connectivity index (χ1) is 36.1. The van der Waals surface area contributed by atoms with Crippen LogP contribution in [0.1, 0.15) is 19.3 Å². The van der Waals surface area contributed by atoms with E-state index in [2.05, 4.69) is 0 Å². The Morgan fingerprint density at radius 1 is 0.342 bits per heavy atom. The lowest BCUT2D eigenvalue weighted by Gasteiger charge is -2.51. The second-order valence-corrected chi connectivity index (χ2v) is 20.6. The van der Waals surface area contributed by atoms with E-state index in [4.69, 9.17) is 71.4 Å². The van der Waals surface area contributed by atoms with Gasteiger partial charge in [0.15, 0.2) is 37.7 Å². The van der Waals surface area contributed by atoms with Crippen LogP contribution in [0, 0.1) is 0 Å². The smallest absolute Gasteiger partial charge is 0.348 e. The molecule has 22 rings (SSSR count). The lowest BCUT2D eigenvalue weighted by molar-refractivity contribution is -0.404. The summed E-state index contributed by atoms with van der Waals surface area (Å²) >= 11 is 0. The quantitative estimate of drug-likeness (QED) is 0.0601. The van der Waals surface area contributed by atoms with Crippen molar-refractivity contribution >= 4 is 7.60 Å². The van der Waals surface area contributed by atoms with Crippen molar-refractivity contribution in [3.8, 4) is 0 Å². The van der Waals surface area contributed by atoms with Gasteiger partial charge in [0, 0.05) is 12.4 Å². The Morgan fingerprint density at radius 2 is 0.592 bits per heavy atom. The molecule has 33 nitrogen and oxygen atoms in total. The number of aliphatic hydroxyl groups excluding tert-OH is 17. The zero-order valence-corrected chi connectivity index (χ0v) is 41.1. The summed E-state index contributed by atoms with van der Waals surface area (Å²) in [5.41, 5.74) is 0. The zero-order valence-electron chi connectivity index (χ0n) is 40.2. The standard InChI is InChI=1S/C42H71O33P/c43-7-13-30-19(49)24(54)37(64-13)71-31-14(8-44)66-39(26(56)21(31)51)73-33-16(10-46)68-41(28(58)23(33)53)75-35-18(12-48)69-42(29(59)36(35)63-5-3-1-2-4-6-76(60,61)62)74-34-17(11-47)67-40(27(57)22(34)52)72-32-15(9-45)65-38(70-30)25(55)20(32)50/h4,6,13-59H,1-3,5,7-12H2,(H2,60,61,62)/b6-4+/t13-,14-,15-,16-,17-,18-,19-,20-,21-,22-,23-,24-,25-,26-,27-,28-,29-,30-,31-,32-,33-,34-,35+,36-,37-,38-,39-,40-,41-,42-/m1/s1. The van der Waals surface area contributed by atoms with Gasteiger partial charge in [-0.2, -0.15) is 0 Å². The fourth-order valence-corrected chi connectivity index (χ4v) is 10.3. The van der Waals surface area contributed by atoms with Crippen LogP contribution in [0.4, 0.5) is 0 Å². The van der Waals surface area contributed by atoms with Crippen LogP contribution in [-0.2, 0) is 66.1 Å². The predicted molar refractivity (Wildman–Crippen MR) is 235 cm³/mol. The summed E-state index contributed by atoms with van der Waals surface area (Å²) in [5, 5.41) is 188. The highest BCUT2D eigenvalue weighted by molar-refractivity contribution is 7.55. The van der Waals surface area contributed by atoms with Crippen molar-refractivity contribution in [3.63, 3.8) is 0 Å². The van der Waals surface area contributed by atoms with Gasteiger partial charge in [-0.1, -0.05) is 6.08 Å². The summed E-state index contributed by atoms with van der Waals surface area (Å²) < 4.78 is 86.6. The van der Waals surface area contributed by atoms with E-state index in [1.165, 1.54) is 6.08 Å². The van der Waals surface area contributed by atoms with Crippen LogP contribution in [0.25, 0.3) is 0 Å². The van der Waals surface area contributed by atoms with Gasteiger partial charge < -0.3 is 158 Å². The van der Waals surface area contributed by atoms with E-state index < -0.39 is 231 Å². The molecule has 76 heavy (non-hydrogen) atoms. The molecule has 0 spiro atoms. The number of ether oxygens (including phenoxy) is 13. The molecule has 0 unspecified atom stereocenters. The number of unbranched alkanes of at least 4 members (excludes halogenated alkanes) is 2. The zero-order chi connectivity index (χ0) is 55.5. The second kappa shape index (κ2) is 27.2. The summed E-state index contributed by atoms with van der Waals surface area (Å²) in [6.07, 6.45) is -56.6. The molecule has 19 N–H and O–H groups in total. The molecule has 0 amide bonds. The van der Waals surface area contributed by atoms with Crippen LogP contribution in [-0.4, -0.2) is 327 Å². The van der Waals surface area contributed by atoms with E-state index in [1.54, 1.807) is 0 Å². The topological polar surface area (TPSA) is 521 Å². The molecule has 0 radical (unpaired) electrons. The van der Waals surface area contributed by atoms with Crippen molar-refractivity contribution in [1.82, 2.24) is 0 Å². The van der Waals surface area contributed by atoms with Crippen LogP contribution >= 0.6 is 7.60 Å². The number of allylic oxidation sites excluding steroid dienone is 1. The maximum atomic E-state index is 11.9. The molecular weight excluding hydrogens is 1060 g/mol. The molecule has 0 aromatic rings. The van der Waals surface area contributed by atoms with Gasteiger partial charge in [0.25, 0.3) is 0 Å². The first-order valence-electron chi connectivity index (χ1n) is 24.5. The molecule has 0 aliphatic carbocycles. The average Bonchev–Trinajstić information content (AvgIpc) is 3.41. The molecule has 22 aliphatic heterocycles. The Hall–Kier alpha value is -1.31. The minimum Gasteiger partial charge on any atom is -0.394 e. The summed E-state index contributed by atoms with van der Waals surface area (Å²) in [7, 11) is -4.45. The van der Waals surface area contributed by atoms with Crippen LogP contribution in [0.3, 0.4) is 0 Å². The Kier molecular flexibility index (Phi) is 22.3. The molecule has 0 aromatic carbocycles.